The van der Waals surface area contributed by atoms with Crippen molar-refractivity contribution in [2.24, 2.45) is 10.7 Å². The maximum absolute atomic E-state index is 13.5. The zero-order valence-electron chi connectivity index (χ0n) is 11.5. The molecular weight excluding hydrogens is 468 g/mol. The van der Waals surface area contributed by atoms with Gasteiger partial charge in [0.1, 0.15) is 5.82 Å². The SMILES string of the molecule is I.NC(=N[C@@H]1C[C@H]1c1ccc(Br)c(F)c1)N1CCSCC1. The highest BCUT2D eigenvalue weighted by atomic mass is 127. The molecule has 116 valence electrons. The van der Waals surface area contributed by atoms with Crippen LogP contribution >= 0.6 is 51.7 Å². The second kappa shape index (κ2) is 7.50. The second-order valence-electron chi connectivity index (χ2n) is 5.17. The van der Waals surface area contributed by atoms with E-state index >= 15 is 0 Å². The molecule has 1 saturated carbocycles. The van der Waals surface area contributed by atoms with Crippen molar-refractivity contribution in [1.29, 1.82) is 0 Å². The van der Waals surface area contributed by atoms with Crippen LogP contribution in [0.1, 0.15) is 17.9 Å². The maximum Gasteiger partial charge on any atom is 0.191 e. The normalized spacial score (nSPS) is 25.4. The Morgan fingerprint density at radius 2 is 2.10 bits per heavy atom. The van der Waals surface area contributed by atoms with Gasteiger partial charge in [0.05, 0.1) is 10.5 Å². The number of benzene rings is 1. The zero-order chi connectivity index (χ0) is 14.1. The lowest BCUT2D eigenvalue weighted by Crippen LogP contribution is -2.42. The number of halogens is 3. The number of hydrogen-bond donors (Lipinski definition) is 1. The molecule has 0 bridgehead atoms. The Labute approximate surface area is 154 Å². The average Bonchev–Trinajstić information content (AvgIpc) is 3.22. The van der Waals surface area contributed by atoms with E-state index in [1.807, 2.05) is 17.8 Å². The second-order valence-corrected chi connectivity index (χ2v) is 7.25. The number of nitrogens with zero attached hydrogens (tertiary/aromatic N) is 2. The van der Waals surface area contributed by atoms with Gasteiger partial charge in [0.2, 0.25) is 0 Å². The molecular formula is C14H18BrFIN3S. The van der Waals surface area contributed by atoms with E-state index in [2.05, 4.69) is 25.8 Å². The molecule has 1 aromatic carbocycles. The highest BCUT2D eigenvalue weighted by Gasteiger charge is 2.39. The van der Waals surface area contributed by atoms with Crippen LogP contribution in [0.3, 0.4) is 0 Å². The molecule has 2 atom stereocenters. The highest BCUT2D eigenvalue weighted by Crippen LogP contribution is 2.44. The fourth-order valence-corrected chi connectivity index (χ4v) is 3.62. The minimum absolute atomic E-state index is 0. The number of nitrogens with two attached hydrogens (primary N) is 1. The Balaban J connectivity index is 0.00000161. The standard InChI is InChI=1S/C14H17BrFN3S.HI/c15-11-2-1-9(7-12(11)16)10-8-13(10)18-14(17)19-3-5-20-6-4-19;/h1-2,7,10,13H,3-6,8H2,(H2,17,18);1H/t10-,13+;/m0./s1. The molecule has 0 amide bonds. The fraction of sp³-hybridized carbons (Fsp3) is 0.500. The van der Waals surface area contributed by atoms with Crippen LogP contribution in [0.5, 0.6) is 0 Å². The van der Waals surface area contributed by atoms with Crippen molar-refractivity contribution in [2.75, 3.05) is 24.6 Å². The summed E-state index contributed by atoms with van der Waals surface area (Å²) in [7, 11) is 0. The first kappa shape index (κ1) is 17.3. The van der Waals surface area contributed by atoms with Gasteiger partial charge in [-0.2, -0.15) is 11.8 Å². The van der Waals surface area contributed by atoms with Crippen LogP contribution in [-0.4, -0.2) is 41.5 Å². The number of aliphatic imine (C=N–C) groups is 1. The predicted molar refractivity (Wildman–Crippen MR) is 101 cm³/mol. The summed E-state index contributed by atoms with van der Waals surface area (Å²) in [5.41, 5.74) is 7.08. The van der Waals surface area contributed by atoms with E-state index in [1.165, 1.54) is 0 Å². The van der Waals surface area contributed by atoms with Crippen molar-refractivity contribution in [3.8, 4) is 0 Å². The van der Waals surface area contributed by atoms with Gasteiger partial charge in [0.25, 0.3) is 0 Å². The lowest BCUT2D eigenvalue weighted by Gasteiger charge is -2.27. The molecule has 0 radical (unpaired) electrons. The molecule has 1 aliphatic carbocycles. The molecule has 2 aliphatic rings. The fourth-order valence-electron chi connectivity index (χ4n) is 2.47. The molecule has 2 fully saturated rings. The molecule has 1 saturated heterocycles. The zero-order valence-corrected chi connectivity index (χ0v) is 16.2. The first-order chi connectivity index (χ1) is 9.65. The van der Waals surface area contributed by atoms with Crippen molar-refractivity contribution in [2.45, 2.75) is 18.4 Å². The highest BCUT2D eigenvalue weighted by molar-refractivity contribution is 14.0. The molecule has 0 aromatic heterocycles. The van der Waals surface area contributed by atoms with Crippen LogP contribution in [0.25, 0.3) is 0 Å². The first-order valence-electron chi connectivity index (χ1n) is 6.76. The Morgan fingerprint density at radius 1 is 1.38 bits per heavy atom. The number of guanidine groups is 1. The van der Waals surface area contributed by atoms with Crippen LogP contribution in [0.4, 0.5) is 4.39 Å². The Hall–Kier alpha value is -0.0200. The lowest BCUT2D eigenvalue weighted by molar-refractivity contribution is 0.455. The average molecular weight is 486 g/mol. The molecule has 3 rings (SSSR count). The molecule has 3 nitrogen and oxygen atoms in total. The van der Waals surface area contributed by atoms with E-state index in [9.17, 15) is 4.39 Å². The summed E-state index contributed by atoms with van der Waals surface area (Å²) in [5.74, 6) is 2.98. The molecule has 21 heavy (non-hydrogen) atoms. The van der Waals surface area contributed by atoms with E-state index in [1.54, 1.807) is 12.1 Å². The van der Waals surface area contributed by atoms with Gasteiger partial charge < -0.3 is 10.6 Å². The summed E-state index contributed by atoms with van der Waals surface area (Å²) < 4.78 is 14.0. The van der Waals surface area contributed by atoms with Gasteiger partial charge in [-0.15, -0.1) is 24.0 Å². The number of rotatable bonds is 2. The van der Waals surface area contributed by atoms with Crippen LogP contribution < -0.4 is 5.73 Å². The van der Waals surface area contributed by atoms with E-state index in [4.69, 9.17) is 5.73 Å². The largest absolute Gasteiger partial charge is 0.370 e. The van der Waals surface area contributed by atoms with Gasteiger partial charge in [0.15, 0.2) is 5.96 Å². The Kier molecular flexibility index (Phi) is 6.19. The van der Waals surface area contributed by atoms with Gasteiger partial charge in [-0.25, -0.2) is 9.38 Å². The summed E-state index contributed by atoms with van der Waals surface area (Å²) >= 11 is 5.13. The third kappa shape index (κ3) is 4.25. The van der Waals surface area contributed by atoms with Crippen LogP contribution in [0.2, 0.25) is 0 Å². The van der Waals surface area contributed by atoms with Gasteiger partial charge in [-0.05, 0) is 40.0 Å². The molecule has 0 spiro atoms. The van der Waals surface area contributed by atoms with Gasteiger partial charge in [-0.3, -0.25) is 0 Å². The Morgan fingerprint density at radius 3 is 2.76 bits per heavy atom. The van der Waals surface area contributed by atoms with Crippen molar-refractivity contribution in [1.82, 2.24) is 4.90 Å². The summed E-state index contributed by atoms with van der Waals surface area (Å²) in [6.07, 6.45) is 0.963. The summed E-state index contributed by atoms with van der Waals surface area (Å²) in [5, 5.41) is 0. The quantitative estimate of drug-likeness (QED) is 0.396. The van der Waals surface area contributed by atoms with Crippen LogP contribution in [-0.2, 0) is 0 Å². The molecule has 2 N–H and O–H groups in total. The summed E-state index contributed by atoms with van der Waals surface area (Å²) in [6.45, 7) is 1.95. The van der Waals surface area contributed by atoms with Gasteiger partial charge >= 0.3 is 0 Å². The van der Waals surface area contributed by atoms with E-state index < -0.39 is 0 Å². The summed E-state index contributed by atoms with van der Waals surface area (Å²) in [6, 6.07) is 5.53. The molecule has 0 unspecified atom stereocenters. The summed E-state index contributed by atoms with van der Waals surface area (Å²) in [4.78, 5) is 6.75. The van der Waals surface area contributed by atoms with Gasteiger partial charge in [0, 0.05) is 30.5 Å². The third-order valence-corrected chi connectivity index (χ3v) is 5.35. The molecule has 1 aromatic rings. The Bertz CT molecular complexity index is 537. The van der Waals surface area contributed by atoms with E-state index in [-0.39, 0.29) is 35.8 Å². The van der Waals surface area contributed by atoms with Crippen molar-refractivity contribution < 1.29 is 4.39 Å². The monoisotopic (exact) mass is 485 g/mol. The van der Waals surface area contributed by atoms with E-state index in [0.717, 1.165) is 36.6 Å². The smallest absolute Gasteiger partial charge is 0.191 e. The number of hydrogen-bond acceptors (Lipinski definition) is 2. The minimum atomic E-state index is -0.210. The van der Waals surface area contributed by atoms with Crippen molar-refractivity contribution in [3.63, 3.8) is 0 Å². The molecule has 7 heteroatoms. The van der Waals surface area contributed by atoms with Crippen molar-refractivity contribution in [3.05, 3.63) is 34.1 Å². The maximum atomic E-state index is 13.5. The van der Waals surface area contributed by atoms with E-state index in [0.29, 0.717) is 16.4 Å². The molecule has 1 heterocycles. The molecule has 1 aliphatic heterocycles. The number of thioether (sulfide) groups is 1. The van der Waals surface area contributed by atoms with Crippen LogP contribution in [0.15, 0.2) is 27.7 Å². The lowest BCUT2D eigenvalue weighted by atomic mass is 10.1. The predicted octanol–water partition coefficient (Wildman–Crippen LogP) is 3.43. The first-order valence-corrected chi connectivity index (χ1v) is 8.71. The topological polar surface area (TPSA) is 41.6 Å². The van der Waals surface area contributed by atoms with Crippen LogP contribution in [0, 0.1) is 5.82 Å². The van der Waals surface area contributed by atoms with Gasteiger partial charge in [-0.1, -0.05) is 6.07 Å². The minimum Gasteiger partial charge on any atom is -0.370 e. The van der Waals surface area contributed by atoms with Crippen molar-refractivity contribution >= 4 is 57.6 Å². The third-order valence-electron chi connectivity index (χ3n) is 3.76.